The molecule has 1 heterocycles. The molecule has 0 unspecified atom stereocenters. The second-order valence-electron chi connectivity index (χ2n) is 3.81. The number of benzene rings is 1. The number of nitrogen functional groups attached to an aromatic ring is 1. The zero-order valence-corrected chi connectivity index (χ0v) is 11.7. The number of anilines is 2. The highest BCUT2D eigenvalue weighted by atomic mass is 127. The van der Waals surface area contributed by atoms with Gasteiger partial charge in [0, 0.05) is 15.0 Å². The first-order valence-corrected chi connectivity index (χ1v) is 6.47. The Bertz CT molecular complexity index is 488. The van der Waals surface area contributed by atoms with Gasteiger partial charge in [0.05, 0.1) is 18.3 Å². The quantitative estimate of drug-likeness (QED) is 0.833. The Labute approximate surface area is 119 Å². The summed E-state index contributed by atoms with van der Waals surface area (Å²) in [6.45, 7) is 0. The van der Waals surface area contributed by atoms with E-state index >= 15 is 0 Å². The summed E-state index contributed by atoms with van der Waals surface area (Å²) in [6.07, 6.45) is 1.79. The molecule has 0 radical (unpaired) electrons. The molecule has 3 N–H and O–H groups in total. The average Bonchev–Trinajstić information content (AvgIpc) is 2.35. The largest absolute Gasteiger partial charge is 0.397 e. The molecular weight excluding hydrogens is 341 g/mol. The maximum absolute atomic E-state index is 11.8. The molecule has 0 atom stereocenters. The number of carbonyl (C=O) groups is 1. The van der Waals surface area contributed by atoms with E-state index in [1.165, 1.54) is 0 Å². The van der Waals surface area contributed by atoms with Gasteiger partial charge in [-0.25, -0.2) is 0 Å². The normalized spacial score (nSPS) is 10.1. The average molecular weight is 353 g/mol. The van der Waals surface area contributed by atoms with Gasteiger partial charge in [-0.15, -0.1) is 0 Å². The van der Waals surface area contributed by atoms with Gasteiger partial charge in [-0.1, -0.05) is 0 Å². The van der Waals surface area contributed by atoms with Crippen LogP contribution in [0.25, 0.3) is 0 Å². The molecule has 0 aliphatic heterocycles. The Balaban J connectivity index is 1.96. The van der Waals surface area contributed by atoms with Crippen molar-refractivity contribution < 1.29 is 4.79 Å². The molecule has 0 saturated heterocycles. The molecular formula is C13H12IN3O. The summed E-state index contributed by atoms with van der Waals surface area (Å²) in [7, 11) is 0. The fourth-order valence-corrected chi connectivity index (χ4v) is 1.80. The molecule has 0 spiro atoms. The first kappa shape index (κ1) is 12.8. The third-order valence-corrected chi connectivity index (χ3v) is 3.04. The predicted molar refractivity (Wildman–Crippen MR) is 80.1 cm³/mol. The summed E-state index contributed by atoms with van der Waals surface area (Å²) < 4.78 is 1.13. The van der Waals surface area contributed by atoms with Gasteiger partial charge >= 0.3 is 0 Å². The summed E-state index contributed by atoms with van der Waals surface area (Å²) in [6, 6.07) is 11.1. The van der Waals surface area contributed by atoms with Crippen LogP contribution < -0.4 is 11.1 Å². The van der Waals surface area contributed by atoms with E-state index < -0.39 is 0 Å². The van der Waals surface area contributed by atoms with Gasteiger partial charge in [0.1, 0.15) is 0 Å². The molecule has 5 heteroatoms. The van der Waals surface area contributed by atoms with Crippen molar-refractivity contribution in [2.24, 2.45) is 0 Å². The van der Waals surface area contributed by atoms with Crippen LogP contribution in [0.4, 0.5) is 11.4 Å². The van der Waals surface area contributed by atoms with Crippen LogP contribution in [-0.2, 0) is 11.2 Å². The lowest BCUT2D eigenvalue weighted by atomic mass is 10.2. The van der Waals surface area contributed by atoms with Crippen molar-refractivity contribution in [2.45, 2.75) is 6.42 Å². The topological polar surface area (TPSA) is 68.0 Å². The molecule has 0 aliphatic rings. The Kier molecular flexibility index (Phi) is 4.14. The van der Waals surface area contributed by atoms with Crippen molar-refractivity contribution >= 4 is 39.9 Å². The number of aromatic nitrogens is 1. The molecule has 1 aromatic heterocycles. The van der Waals surface area contributed by atoms with Crippen molar-refractivity contribution in [1.82, 2.24) is 4.98 Å². The van der Waals surface area contributed by atoms with Gasteiger partial charge < -0.3 is 11.1 Å². The third kappa shape index (κ3) is 3.69. The van der Waals surface area contributed by atoms with E-state index in [1.54, 1.807) is 18.3 Å². The second kappa shape index (κ2) is 5.81. The summed E-state index contributed by atoms with van der Waals surface area (Å²) in [5.74, 6) is -0.0894. The van der Waals surface area contributed by atoms with Gasteiger partial charge in [-0.05, 0) is 59.0 Å². The molecule has 18 heavy (non-hydrogen) atoms. The lowest BCUT2D eigenvalue weighted by molar-refractivity contribution is -0.115. The summed E-state index contributed by atoms with van der Waals surface area (Å²) in [4.78, 5) is 15.9. The number of pyridine rings is 1. The van der Waals surface area contributed by atoms with Crippen molar-refractivity contribution in [3.8, 4) is 0 Å². The van der Waals surface area contributed by atoms with E-state index in [-0.39, 0.29) is 12.3 Å². The highest BCUT2D eigenvalue weighted by molar-refractivity contribution is 14.1. The van der Waals surface area contributed by atoms with Gasteiger partial charge in [-0.2, -0.15) is 0 Å². The summed E-state index contributed by atoms with van der Waals surface area (Å²) >= 11 is 2.22. The van der Waals surface area contributed by atoms with Crippen LogP contribution in [0.2, 0.25) is 0 Å². The van der Waals surface area contributed by atoms with Crippen LogP contribution in [0.5, 0.6) is 0 Å². The number of nitrogens with one attached hydrogen (secondary N) is 1. The SMILES string of the molecule is Nc1ccc(CC(=O)Nc2ccc(I)cc2)nc1. The fraction of sp³-hybridized carbons (Fsp3) is 0.0769. The lowest BCUT2D eigenvalue weighted by Gasteiger charge is -2.05. The highest BCUT2D eigenvalue weighted by Gasteiger charge is 2.04. The molecule has 1 aromatic carbocycles. The second-order valence-corrected chi connectivity index (χ2v) is 5.06. The van der Waals surface area contributed by atoms with Crippen molar-refractivity contribution in [1.29, 1.82) is 0 Å². The maximum atomic E-state index is 11.8. The number of halogens is 1. The Morgan fingerprint density at radius 3 is 2.56 bits per heavy atom. The van der Waals surface area contributed by atoms with Gasteiger partial charge in [0.15, 0.2) is 0 Å². The van der Waals surface area contributed by atoms with Crippen LogP contribution in [-0.4, -0.2) is 10.9 Å². The van der Waals surface area contributed by atoms with Crippen LogP contribution in [0.1, 0.15) is 5.69 Å². The Morgan fingerprint density at radius 2 is 1.94 bits per heavy atom. The standard InChI is InChI=1S/C13H12IN3O/c14-9-1-4-11(5-2-9)17-13(18)7-12-6-3-10(15)8-16-12/h1-6,8H,7,15H2,(H,17,18). The number of nitrogens with two attached hydrogens (primary N) is 1. The van der Waals surface area contributed by atoms with Crippen LogP contribution in [0.3, 0.4) is 0 Å². The molecule has 0 aliphatic carbocycles. The van der Waals surface area contributed by atoms with E-state index in [9.17, 15) is 4.79 Å². The minimum Gasteiger partial charge on any atom is -0.397 e. The minimum atomic E-state index is -0.0894. The number of nitrogens with zero attached hydrogens (tertiary/aromatic N) is 1. The van der Waals surface area contributed by atoms with E-state index in [0.717, 1.165) is 9.26 Å². The Morgan fingerprint density at radius 1 is 1.22 bits per heavy atom. The molecule has 4 nitrogen and oxygen atoms in total. The monoisotopic (exact) mass is 353 g/mol. The number of hydrogen-bond donors (Lipinski definition) is 2. The van der Waals surface area contributed by atoms with Gasteiger partial charge in [0.25, 0.3) is 0 Å². The van der Waals surface area contributed by atoms with Crippen LogP contribution in [0, 0.1) is 3.57 Å². The minimum absolute atomic E-state index is 0.0894. The third-order valence-electron chi connectivity index (χ3n) is 2.32. The van der Waals surface area contributed by atoms with E-state index in [2.05, 4.69) is 32.9 Å². The molecule has 1 amide bonds. The molecule has 2 rings (SSSR count). The summed E-state index contributed by atoms with van der Waals surface area (Å²) in [5.41, 5.74) is 7.61. The zero-order chi connectivity index (χ0) is 13.0. The molecule has 0 bridgehead atoms. The van der Waals surface area contributed by atoms with Crippen molar-refractivity contribution in [3.63, 3.8) is 0 Å². The Hall–Kier alpha value is -1.63. The highest BCUT2D eigenvalue weighted by Crippen LogP contribution is 2.11. The maximum Gasteiger partial charge on any atom is 0.230 e. The van der Waals surface area contributed by atoms with Crippen LogP contribution >= 0.6 is 22.6 Å². The fourth-order valence-electron chi connectivity index (χ4n) is 1.44. The summed E-state index contributed by atoms with van der Waals surface area (Å²) in [5, 5.41) is 2.82. The van der Waals surface area contributed by atoms with Crippen LogP contribution in [0.15, 0.2) is 42.6 Å². The number of rotatable bonds is 3. The van der Waals surface area contributed by atoms with E-state index in [4.69, 9.17) is 5.73 Å². The van der Waals surface area contributed by atoms with Crippen molar-refractivity contribution in [2.75, 3.05) is 11.1 Å². The molecule has 0 fully saturated rings. The van der Waals surface area contributed by atoms with E-state index in [1.807, 2.05) is 24.3 Å². The van der Waals surface area contributed by atoms with Gasteiger partial charge in [-0.3, -0.25) is 9.78 Å². The smallest absolute Gasteiger partial charge is 0.230 e. The predicted octanol–water partition coefficient (Wildman–Crippen LogP) is 2.45. The van der Waals surface area contributed by atoms with E-state index in [0.29, 0.717) is 11.4 Å². The molecule has 2 aromatic rings. The number of carbonyl (C=O) groups excluding carboxylic acids is 1. The first-order chi connectivity index (χ1) is 8.63. The molecule has 0 saturated carbocycles. The zero-order valence-electron chi connectivity index (χ0n) is 9.56. The molecule has 92 valence electrons. The number of amides is 1. The first-order valence-electron chi connectivity index (χ1n) is 5.39. The van der Waals surface area contributed by atoms with Crippen molar-refractivity contribution in [3.05, 3.63) is 51.9 Å². The lowest BCUT2D eigenvalue weighted by Crippen LogP contribution is -2.15. The van der Waals surface area contributed by atoms with Gasteiger partial charge in [0.2, 0.25) is 5.91 Å². The number of hydrogen-bond acceptors (Lipinski definition) is 3.